The number of carbonyl (C=O) groups excluding carboxylic acids is 2. The number of carbonyl (C=O) groups is 2. The van der Waals surface area contributed by atoms with Crippen molar-refractivity contribution in [3.63, 3.8) is 0 Å². The van der Waals surface area contributed by atoms with Crippen LogP contribution in [0.3, 0.4) is 0 Å². The maximum atomic E-state index is 12.7. The zero-order valence-electron chi connectivity index (χ0n) is 11.2. The molecule has 1 aliphatic rings. The maximum absolute atomic E-state index is 12.7. The van der Waals surface area contributed by atoms with Crippen LogP contribution < -0.4 is 4.90 Å². The second kappa shape index (κ2) is 3.91. The van der Waals surface area contributed by atoms with E-state index in [0.717, 1.165) is 0 Å². The first-order valence-electron chi connectivity index (χ1n) is 6.20. The van der Waals surface area contributed by atoms with Crippen molar-refractivity contribution >= 4 is 27.7 Å². The number of rotatable bonds is 2. The van der Waals surface area contributed by atoms with Gasteiger partial charge >= 0.3 is 10.2 Å². The minimum Gasteiger partial charge on any atom is -0.268 e. The van der Waals surface area contributed by atoms with Crippen LogP contribution in [-0.4, -0.2) is 11.8 Å². The Morgan fingerprint density at radius 3 is 1.52 bits per heavy atom. The van der Waals surface area contributed by atoms with Crippen molar-refractivity contribution in [2.75, 3.05) is 4.90 Å². The van der Waals surface area contributed by atoms with Crippen LogP contribution in [0.2, 0.25) is 0 Å². The van der Waals surface area contributed by atoms with Crippen molar-refractivity contribution in [2.45, 2.75) is 4.90 Å². The Morgan fingerprint density at radius 2 is 1.13 bits per heavy atom. The molecule has 23 heavy (non-hydrogen) atoms. The van der Waals surface area contributed by atoms with Crippen LogP contribution in [0.15, 0.2) is 53.4 Å². The third kappa shape index (κ3) is 2.56. The van der Waals surface area contributed by atoms with Crippen molar-refractivity contribution in [1.82, 2.24) is 0 Å². The zero-order chi connectivity index (χ0) is 17.1. The average molecular weight is 349 g/mol. The van der Waals surface area contributed by atoms with Crippen molar-refractivity contribution in [1.29, 1.82) is 0 Å². The molecule has 0 saturated carbocycles. The lowest BCUT2D eigenvalue weighted by atomic mass is 10.1. The Bertz CT molecular complexity index is 811. The van der Waals surface area contributed by atoms with Gasteiger partial charge in [0.15, 0.2) is 0 Å². The fourth-order valence-corrected chi connectivity index (χ4v) is 2.93. The topological polar surface area (TPSA) is 37.4 Å². The highest BCUT2D eigenvalue weighted by molar-refractivity contribution is 8.45. The monoisotopic (exact) mass is 349 g/mol. The van der Waals surface area contributed by atoms with Gasteiger partial charge in [-0.25, -0.2) is 4.90 Å². The predicted octanol–water partition coefficient (Wildman–Crippen LogP) is 5.14. The summed E-state index contributed by atoms with van der Waals surface area (Å²) in [5.74, 6) is -1.43. The molecule has 0 aliphatic carbocycles. The van der Waals surface area contributed by atoms with Gasteiger partial charge in [0.2, 0.25) is 0 Å². The molecule has 3 rings (SSSR count). The summed E-state index contributed by atoms with van der Waals surface area (Å²) < 4.78 is 63.4. The lowest BCUT2D eigenvalue weighted by Crippen LogP contribution is -2.29. The molecular formula is C14H8F5NO2S. The van der Waals surface area contributed by atoms with Gasteiger partial charge in [-0.05, 0) is 36.4 Å². The molecule has 0 fully saturated rings. The highest BCUT2D eigenvalue weighted by atomic mass is 32.5. The minimum atomic E-state index is -9.79. The van der Waals surface area contributed by atoms with E-state index in [4.69, 9.17) is 0 Å². The van der Waals surface area contributed by atoms with Crippen molar-refractivity contribution < 1.29 is 29.0 Å². The fraction of sp³-hybridized carbons (Fsp3) is 0. The molecule has 0 unspecified atom stereocenters. The molecule has 1 heterocycles. The van der Waals surface area contributed by atoms with Crippen molar-refractivity contribution in [3.8, 4) is 0 Å². The van der Waals surface area contributed by atoms with Gasteiger partial charge in [0, 0.05) is 0 Å². The number of benzene rings is 2. The zero-order valence-corrected chi connectivity index (χ0v) is 12.0. The molecular weight excluding hydrogens is 341 g/mol. The second-order valence-electron chi connectivity index (χ2n) is 4.95. The van der Waals surface area contributed by atoms with Gasteiger partial charge in [-0.1, -0.05) is 31.6 Å². The summed E-state index contributed by atoms with van der Waals surface area (Å²) in [5.41, 5.74) is 0.00498. The average Bonchev–Trinajstić information content (AvgIpc) is 2.69. The highest BCUT2D eigenvalue weighted by Gasteiger charge is 2.65. The highest BCUT2D eigenvalue weighted by Crippen LogP contribution is 3.02. The molecule has 0 spiro atoms. The van der Waals surface area contributed by atoms with Crippen LogP contribution in [-0.2, 0) is 0 Å². The minimum absolute atomic E-state index is 0.106. The van der Waals surface area contributed by atoms with E-state index in [9.17, 15) is 29.0 Å². The molecule has 122 valence electrons. The summed E-state index contributed by atoms with van der Waals surface area (Å²) in [6.07, 6.45) is 0. The van der Waals surface area contributed by atoms with E-state index in [0.29, 0.717) is 17.0 Å². The third-order valence-electron chi connectivity index (χ3n) is 3.33. The summed E-state index contributed by atoms with van der Waals surface area (Å²) in [6, 6.07) is 7.55. The Labute approximate surface area is 127 Å². The summed E-state index contributed by atoms with van der Waals surface area (Å²) >= 11 is 0. The molecule has 9 heteroatoms. The number of nitrogens with zero attached hydrogens (tertiary/aromatic N) is 1. The predicted molar refractivity (Wildman–Crippen MR) is 75.4 cm³/mol. The largest absolute Gasteiger partial charge is 0.310 e. The molecule has 2 aromatic rings. The number of amides is 2. The van der Waals surface area contributed by atoms with Gasteiger partial charge in [-0.15, -0.1) is 0 Å². The smallest absolute Gasteiger partial charge is 0.268 e. The number of fused-ring (bicyclic) bond motifs is 1. The van der Waals surface area contributed by atoms with Crippen LogP contribution in [0.25, 0.3) is 0 Å². The van der Waals surface area contributed by atoms with Gasteiger partial charge in [0.25, 0.3) is 11.8 Å². The molecule has 0 saturated heterocycles. The molecule has 2 amide bonds. The number of anilines is 1. The van der Waals surface area contributed by atoms with Gasteiger partial charge < -0.3 is 0 Å². The van der Waals surface area contributed by atoms with Crippen LogP contribution in [0.5, 0.6) is 0 Å². The SMILES string of the molecule is O=C1c2ccccc2C(=O)N1c1ccc(S(F)(F)(F)(F)F)cc1. The lowest BCUT2D eigenvalue weighted by molar-refractivity contribution is 0.0926. The summed E-state index contributed by atoms with van der Waals surface area (Å²) in [4.78, 5) is 22.9. The van der Waals surface area contributed by atoms with Crippen molar-refractivity contribution in [3.05, 3.63) is 59.7 Å². The number of halogens is 5. The first kappa shape index (κ1) is 15.5. The first-order chi connectivity index (χ1) is 10.4. The van der Waals surface area contributed by atoms with E-state index in [1.54, 1.807) is 0 Å². The lowest BCUT2D eigenvalue weighted by Gasteiger charge is -2.40. The Kier molecular flexibility index (Phi) is 2.63. The molecule has 0 bridgehead atoms. The Hall–Kier alpha value is -2.42. The van der Waals surface area contributed by atoms with Crippen LogP contribution in [0.1, 0.15) is 20.7 Å². The summed E-state index contributed by atoms with van der Waals surface area (Å²) in [7, 11) is -9.79. The first-order valence-corrected chi connectivity index (χ1v) is 8.15. The van der Waals surface area contributed by atoms with Gasteiger partial charge in [0.05, 0.1) is 16.8 Å². The van der Waals surface area contributed by atoms with Crippen LogP contribution in [0.4, 0.5) is 25.1 Å². The quantitative estimate of drug-likeness (QED) is 0.556. The van der Waals surface area contributed by atoms with E-state index in [1.807, 2.05) is 0 Å². The molecule has 0 aromatic heterocycles. The standard InChI is InChI=1S/C14H8F5NO2S/c15-23(16,17,18,19)10-7-5-9(6-8-10)20-13(21)11-3-1-2-4-12(11)14(20)22/h1-8H. The van der Waals surface area contributed by atoms with Crippen LogP contribution in [0, 0.1) is 0 Å². The van der Waals surface area contributed by atoms with E-state index in [2.05, 4.69) is 0 Å². The Balaban J connectivity index is 2.03. The van der Waals surface area contributed by atoms with Gasteiger partial charge in [0.1, 0.15) is 4.90 Å². The van der Waals surface area contributed by atoms with Crippen LogP contribution >= 0.6 is 10.2 Å². The fourth-order valence-electron chi connectivity index (χ4n) is 2.28. The van der Waals surface area contributed by atoms with Gasteiger partial charge in [-0.3, -0.25) is 9.59 Å². The maximum Gasteiger partial charge on any atom is 0.310 e. The third-order valence-corrected chi connectivity index (χ3v) is 4.50. The van der Waals surface area contributed by atoms with Gasteiger partial charge in [-0.2, -0.15) is 0 Å². The molecule has 2 aromatic carbocycles. The molecule has 1 aliphatic heterocycles. The molecule has 0 atom stereocenters. The normalized spacial score (nSPS) is 17.7. The number of hydrogen-bond donors (Lipinski definition) is 0. The molecule has 0 N–H and O–H groups in total. The Morgan fingerprint density at radius 1 is 0.696 bits per heavy atom. The summed E-state index contributed by atoms with van der Waals surface area (Å²) in [5, 5.41) is 0. The summed E-state index contributed by atoms with van der Waals surface area (Å²) in [6.45, 7) is 0. The van der Waals surface area contributed by atoms with E-state index in [1.165, 1.54) is 24.3 Å². The van der Waals surface area contributed by atoms with E-state index in [-0.39, 0.29) is 28.9 Å². The van der Waals surface area contributed by atoms with E-state index < -0.39 is 26.9 Å². The molecule has 0 radical (unpaired) electrons. The number of imide groups is 1. The van der Waals surface area contributed by atoms with Crippen molar-refractivity contribution in [2.24, 2.45) is 0 Å². The van der Waals surface area contributed by atoms with E-state index >= 15 is 0 Å². The molecule has 3 nitrogen and oxygen atoms in total. The number of hydrogen-bond acceptors (Lipinski definition) is 2. The second-order valence-corrected chi connectivity index (χ2v) is 7.36.